The highest BCUT2D eigenvalue weighted by Crippen LogP contribution is 2.34. The molecule has 80 valence electrons. The Morgan fingerprint density at radius 2 is 2.00 bits per heavy atom. The zero-order chi connectivity index (χ0) is 10.7. The molecule has 0 radical (unpaired) electrons. The van der Waals surface area contributed by atoms with Crippen molar-refractivity contribution in [1.82, 2.24) is 0 Å². The Balaban J connectivity index is 2.55. The summed E-state index contributed by atoms with van der Waals surface area (Å²) in [7, 11) is 1.37. The molecule has 1 rings (SSSR count). The zero-order valence-corrected chi connectivity index (χ0v) is 8.53. The number of carbonyl (C=O) groups is 2. The van der Waals surface area contributed by atoms with Crippen molar-refractivity contribution in [2.75, 3.05) is 7.11 Å². The van der Waals surface area contributed by atoms with E-state index in [2.05, 4.69) is 4.74 Å². The summed E-state index contributed by atoms with van der Waals surface area (Å²) in [6, 6.07) is 0. The van der Waals surface area contributed by atoms with Crippen molar-refractivity contribution in [2.45, 2.75) is 26.2 Å². The summed E-state index contributed by atoms with van der Waals surface area (Å²) in [5, 5.41) is 8.87. The van der Waals surface area contributed by atoms with Gasteiger partial charge in [0.1, 0.15) is 0 Å². The third kappa shape index (κ3) is 2.25. The number of esters is 1. The van der Waals surface area contributed by atoms with Crippen LogP contribution in [0, 0.1) is 17.8 Å². The number of carboxylic acid groups (broad SMARTS) is 1. The number of hydrogen-bond acceptors (Lipinski definition) is 3. The lowest BCUT2D eigenvalue weighted by Crippen LogP contribution is -2.32. The molecule has 0 amide bonds. The van der Waals surface area contributed by atoms with Gasteiger partial charge >= 0.3 is 11.9 Å². The quantitative estimate of drug-likeness (QED) is 0.682. The summed E-state index contributed by atoms with van der Waals surface area (Å²) >= 11 is 0. The van der Waals surface area contributed by atoms with Crippen LogP contribution < -0.4 is 0 Å². The molecule has 0 bridgehead atoms. The number of methoxy groups -OCH3 is 1. The monoisotopic (exact) mass is 200 g/mol. The molecule has 0 aromatic heterocycles. The van der Waals surface area contributed by atoms with Gasteiger partial charge in [-0.1, -0.05) is 6.92 Å². The first kappa shape index (κ1) is 11.0. The highest BCUT2D eigenvalue weighted by Gasteiger charge is 2.35. The van der Waals surface area contributed by atoms with Crippen molar-refractivity contribution in [3.05, 3.63) is 0 Å². The van der Waals surface area contributed by atoms with E-state index in [-0.39, 0.29) is 23.7 Å². The number of ether oxygens (including phenoxy) is 1. The Morgan fingerprint density at radius 1 is 1.36 bits per heavy atom. The zero-order valence-electron chi connectivity index (χ0n) is 8.53. The fourth-order valence-corrected chi connectivity index (χ4v) is 2.14. The maximum atomic E-state index is 11.2. The smallest absolute Gasteiger partial charge is 0.308 e. The van der Waals surface area contributed by atoms with E-state index in [9.17, 15) is 9.59 Å². The van der Waals surface area contributed by atoms with Gasteiger partial charge in [0, 0.05) is 0 Å². The standard InChI is InChI=1S/C10H16O4/c1-6-5-7(10(13)14-2)3-4-8(6)9(11)12/h6-8H,3-5H2,1-2H3,(H,11,12)/t6-,7+,8+/m0/s1. The fourth-order valence-electron chi connectivity index (χ4n) is 2.14. The number of rotatable bonds is 2. The van der Waals surface area contributed by atoms with Crippen LogP contribution in [0.15, 0.2) is 0 Å². The molecule has 0 heterocycles. The Labute approximate surface area is 83.2 Å². The normalized spacial score (nSPS) is 32.3. The molecule has 4 heteroatoms. The molecule has 0 spiro atoms. The molecule has 1 aliphatic carbocycles. The average Bonchev–Trinajstić information content (AvgIpc) is 2.15. The van der Waals surface area contributed by atoms with Crippen molar-refractivity contribution in [2.24, 2.45) is 17.8 Å². The first-order valence-corrected chi connectivity index (χ1v) is 4.87. The topological polar surface area (TPSA) is 63.6 Å². The van der Waals surface area contributed by atoms with Crippen LogP contribution in [-0.4, -0.2) is 24.2 Å². The van der Waals surface area contributed by atoms with Crippen molar-refractivity contribution >= 4 is 11.9 Å². The van der Waals surface area contributed by atoms with Gasteiger partial charge in [0.25, 0.3) is 0 Å². The van der Waals surface area contributed by atoms with Gasteiger partial charge in [-0.15, -0.1) is 0 Å². The predicted octanol–water partition coefficient (Wildman–Crippen LogP) is 1.30. The molecule has 1 saturated carbocycles. The van der Waals surface area contributed by atoms with Gasteiger partial charge in [-0.2, -0.15) is 0 Å². The highest BCUT2D eigenvalue weighted by molar-refractivity contribution is 5.74. The number of aliphatic carboxylic acids is 1. The molecule has 0 aliphatic heterocycles. The summed E-state index contributed by atoms with van der Waals surface area (Å²) in [5.41, 5.74) is 0. The molecule has 1 aliphatic rings. The van der Waals surface area contributed by atoms with Crippen LogP contribution in [0.5, 0.6) is 0 Å². The van der Waals surface area contributed by atoms with Gasteiger partial charge in [0.2, 0.25) is 0 Å². The third-order valence-electron chi connectivity index (χ3n) is 3.02. The first-order chi connectivity index (χ1) is 6.56. The van der Waals surface area contributed by atoms with Gasteiger partial charge in [0.15, 0.2) is 0 Å². The summed E-state index contributed by atoms with van der Waals surface area (Å²) < 4.78 is 4.65. The van der Waals surface area contributed by atoms with Gasteiger partial charge in [-0.3, -0.25) is 9.59 Å². The van der Waals surface area contributed by atoms with Crippen molar-refractivity contribution < 1.29 is 19.4 Å². The van der Waals surface area contributed by atoms with E-state index in [1.165, 1.54) is 7.11 Å². The lowest BCUT2D eigenvalue weighted by Gasteiger charge is -2.29. The van der Waals surface area contributed by atoms with Crippen LogP contribution in [0.25, 0.3) is 0 Å². The second kappa shape index (κ2) is 4.44. The molecule has 0 saturated heterocycles. The fraction of sp³-hybridized carbons (Fsp3) is 0.800. The lowest BCUT2D eigenvalue weighted by molar-refractivity contribution is -0.152. The molecule has 0 aromatic carbocycles. The van der Waals surface area contributed by atoms with E-state index in [0.717, 1.165) is 0 Å². The van der Waals surface area contributed by atoms with E-state index in [1.54, 1.807) is 0 Å². The van der Waals surface area contributed by atoms with Gasteiger partial charge in [-0.25, -0.2) is 0 Å². The predicted molar refractivity (Wildman–Crippen MR) is 49.6 cm³/mol. The Morgan fingerprint density at radius 3 is 2.43 bits per heavy atom. The third-order valence-corrected chi connectivity index (χ3v) is 3.02. The summed E-state index contributed by atoms with van der Waals surface area (Å²) in [6.07, 6.45) is 1.84. The molecular formula is C10H16O4. The summed E-state index contributed by atoms with van der Waals surface area (Å²) in [5.74, 6) is -1.30. The largest absolute Gasteiger partial charge is 0.481 e. The van der Waals surface area contributed by atoms with Crippen molar-refractivity contribution in [1.29, 1.82) is 0 Å². The van der Waals surface area contributed by atoms with Crippen molar-refractivity contribution in [3.63, 3.8) is 0 Å². The number of carbonyl (C=O) groups excluding carboxylic acids is 1. The van der Waals surface area contributed by atoms with E-state index in [0.29, 0.717) is 19.3 Å². The molecule has 3 atom stereocenters. The molecule has 4 nitrogen and oxygen atoms in total. The van der Waals surface area contributed by atoms with Crippen LogP contribution in [0.3, 0.4) is 0 Å². The average molecular weight is 200 g/mol. The molecular weight excluding hydrogens is 184 g/mol. The van der Waals surface area contributed by atoms with E-state index in [4.69, 9.17) is 5.11 Å². The maximum Gasteiger partial charge on any atom is 0.308 e. The van der Waals surface area contributed by atoms with Crippen LogP contribution in [0.2, 0.25) is 0 Å². The summed E-state index contributed by atoms with van der Waals surface area (Å²) in [4.78, 5) is 22.0. The van der Waals surface area contributed by atoms with Crippen LogP contribution in [0.1, 0.15) is 26.2 Å². The molecule has 1 N–H and O–H groups in total. The SMILES string of the molecule is COC(=O)[C@@H]1CC[C@@H](C(=O)O)[C@@H](C)C1. The van der Waals surface area contributed by atoms with Crippen LogP contribution in [-0.2, 0) is 14.3 Å². The number of carboxylic acids is 1. The maximum absolute atomic E-state index is 11.2. The lowest BCUT2D eigenvalue weighted by atomic mass is 9.75. The minimum absolute atomic E-state index is 0.0605. The van der Waals surface area contributed by atoms with E-state index < -0.39 is 5.97 Å². The van der Waals surface area contributed by atoms with Gasteiger partial charge < -0.3 is 9.84 Å². The van der Waals surface area contributed by atoms with Crippen LogP contribution in [0.4, 0.5) is 0 Å². The second-order valence-electron chi connectivity index (χ2n) is 3.96. The minimum Gasteiger partial charge on any atom is -0.481 e. The van der Waals surface area contributed by atoms with E-state index in [1.807, 2.05) is 6.92 Å². The molecule has 1 fully saturated rings. The second-order valence-corrected chi connectivity index (χ2v) is 3.96. The molecule has 0 aromatic rings. The Bertz CT molecular complexity index is 236. The Hall–Kier alpha value is -1.06. The number of hydrogen-bond donors (Lipinski definition) is 1. The Kier molecular flexibility index (Phi) is 3.49. The van der Waals surface area contributed by atoms with Crippen LogP contribution >= 0.6 is 0 Å². The van der Waals surface area contributed by atoms with E-state index >= 15 is 0 Å². The minimum atomic E-state index is -0.749. The molecule has 0 unspecified atom stereocenters. The highest BCUT2D eigenvalue weighted by atomic mass is 16.5. The first-order valence-electron chi connectivity index (χ1n) is 4.87. The van der Waals surface area contributed by atoms with Gasteiger partial charge in [-0.05, 0) is 25.2 Å². The van der Waals surface area contributed by atoms with Crippen molar-refractivity contribution in [3.8, 4) is 0 Å². The van der Waals surface area contributed by atoms with Gasteiger partial charge in [0.05, 0.1) is 18.9 Å². The summed E-state index contributed by atoms with van der Waals surface area (Å²) in [6.45, 7) is 1.88. The molecule has 14 heavy (non-hydrogen) atoms.